The molecular formula is C20H17ClN6. The van der Waals surface area contributed by atoms with Gasteiger partial charge in [0.15, 0.2) is 11.3 Å². The Balaban J connectivity index is 2.05. The summed E-state index contributed by atoms with van der Waals surface area (Å²) in [6.45, 7) is 2.03. The van der Waals surface area contributed by atoms with Crippen molar-refractivity contribution in [1.82, 2.24) is 14.6 Å². The van der Waals surface area contributed by atoms with Crippen LogP contribution in [0.3, 0.4) is 0 Å². The van der Waals surface area contributed by atoms with Gasteiger partial charge in [-0.3, -0.25) is 10.4 Å². The van der Waals surface area contributed by atoms with Gasteiger partial charge in [0.2, 0.25) is 0 Å². The number of nitrogens with two attached hydrogens (primary N) is 2. The maximum atomic E-state index is 8.15. The number of nitrogens with zero attached hydrogens (tertiary/aromatic N) is 3. The van der Waals surface area contributed by atoms with Gasteiger partial charge in [-0.05, 0) is 42.8 Å². The number of nitrogens with one attached hydrogen (secondary N) is 1. The number of nitrogen functional groups attached to an aromatic ring is 2. The van der Waals surface area contributed by atoms with Gasteiger partial charge in [-0.2, -0.15) is 0 Å². The van der Waals surface area contributed by atoms with E-state index in [1.807, 2.05) is 43.3 Å². The van der Waals surface area contributed by atoms with Crippen LogP contribution in [-0.4, -0.2) is 14.6 Å². The number of aromatic nitrogens is 3. The first-order valence-corrected chi connectivity index (χ1v) is 8.67. The number of hydrogen-bond donors (Lipinski definition) is 3. The van der Waals surface area contributed by atoms with E-state index < -0.39 is 0 Å². The first-order chi connectivity index (χ1) is 13.0. The molecule has 0 atom stereocenters. The third-order valence-electron chi connectivity index (χ3n) is 4.53. The molecule has 0 fully saturated rings. The van der Waals surface area contributed by atoms with Crippen LogP contribution >= 0.6 is 11.6 Å². The van der Waals surface area contributed by atoms with E-state index >= 15 is 0 Å². The van der Waals surface area contributed by atoms with Crippen LogP contribution in [0.25, 0.3) is 33.4 Å². The number of hydrogen-bond acceptors (Lipinski definition) is 5. The van der Waals surface area contributed by atoms with Crippen molar-refractivity contribution >= 4 is 28.3 Å². The molecule has 6 nitrogen and oxygen atoms in total. The van der Waals surface area contributed by atoms with Crippen molar-refractivity contribution in [2.24, 2.45) is 0 Å². The molecule has 0 saturated heterocycles. The molecule has 134 valence electrons. The molecule has 0 amide bonds. The third-order valence-corrected chi connectivity index (χ3v) is 4.78. The smallest absolute Gasteiger partial charge is 0.187 e. The molecule has 2 aromatic carbocycles. The van der Waals surface area contributed by atoms with Gasteiger partial charge in [-0.1, -0.05) is 29.8 Å². The normalized spacial score (nSPS) is 11.0. The van der Waals surface area contributed by atoms with Gasteiger partial charge in [0, 0.05) is 27.7 Å². The summed E-state index contributed by atoms with van der Waals surface area (Å²) in [6.07, 6.45) is 1.78. The van der Waals surface area contributed by atoms with Crippen molar-refractivity contribution in [3.05, 3.63) is 70.8 Å². The Morgan fingerprint density at radius 3 is 2.48 bits per heavy atom. The molecule has 2 heterocycles. The number of aryl methyl sites for hydroxylation is 1. The number of anilines is 1. The van der Waals surface area contributed by atoms with E-state index in [9.17, 15) is 0 Å². The van der Waals surface area contributed by atoms with Crippen molar-refractivity contribution in [2.45, 2.75) is 6.92 Å². The molecule has 0 spiro atoms. The topological polar surface area (TPSA) is 107 Å². The molecular weight excluding hydrogens is 360 g/mol. The summed E-state index contributed by atoms with van der Waals surface area (Å²) in [4.78, 5) is 8.84. The highest BCUT2D eigenvalue weighted by atomic mass is 35.5. The second-order valence-corrected chi connectivity index (χ2v) is 6.72. The number of halogens is 1. The van der Waals surface area contributed by atoms with E-state index in [4.69, 9.17) is 28.6 Å². The van der Waals surface area contributed by atoms with Crippen LogP contribution in [0.4, 0.5) is 5.82 Å². The van der Waals surface area contributed by atoms with Gasteiger partial charge in [-0.25, -0.2) is 9.66 Å². The molecule has 2 aromatic heterocycles. The van der Waals surface area contributed by atoms with Gasteiger partial charge >= 0.3 is 0 Å². The average Bonchev–Trinajstić information content (AvgIpc) is 2.67. The minimum absolute atomic E-state index is 0.0503. The number of fused-ring (bicyclic) bond motifs is 1. The zero-order valence-electron chi connectivity index (χ0n) is 14.6. The Labute approximate surface area is 160 Å². The van der Waals surface area contributed by atoms with E-state index in [1.165, 1.54) is 4.68 Å². The van der Waals surface area contributed by atoms with E-state index in [0.717, 1.165) is 27.6 Å². The van der Waals surface area contributed by atoms with Crippen molar-refractivity contribution in [3.8, 4) is 22.5 Å². The van der Waals surface area contributed by atoms with Crippen molar-refractivity contribution < 1.29 is 0 Å². The van der Waals surface area contributed by atoms with E-state index in [-0.39, 0.29) is 11.3 Å². The zero-order chi connectivity index (χ0) is 19.1. The van der Waals surface area contributed by atoms with Crippen LogP contribution in [0.5, 0.6) is 0 Å². The van der Waals surface area contributed by atoms with Gasteiger partial charge < -0.3 is 11.6 Å². The molecule has 0 saturated carbocycles. The molecule has 0 aliphatic carbocycles. The fourth-order valence-electron chi connectivity index (χ4n) is 3.09. The first kappa shape index (κ1) is 17.1. The molecule has 7 heteroatoms. The SMILES string of the molecule is Cc1ccnc2ccc(-c3c(-c4ccc(Cl)cc4)nc(N)c(=N)n3N)cc12. The summed E-state index contributed by atoms with van der Waals surface area (Å²) >= 11 is 6.01. The van der Waals surface area contributed by atoms with Crippen LogP contribution in [-0.2, 0) is 0 Å². The molecule has 0 aliphatic rings. The number of rotatable bonds is 2. The van der Waals surface area contributed by atoms with Crippen LogP contribution in [0.15, 0.2) is 54.7 Å². The maximum absolute atomic E-state index is 8.15. The monoisotopic (exact) mass is 376 g/mol. The van der Waals surface area contributed by atoms with Gasteiger partial charge in [0.25, 0.3) is 0 Å². The summed E-state index contributed by atoms with van der Waals surface area (Å²) in [5, 5.41) is 9.79. The maximum Gasteiger partial charge on any atom is 0.187 e. The Morgan fingerprint density at radius 1 is 1.04 bits per heavy atom. The molecule has 4 rings (SSSR count). The van der Waals surface area contributed by atoms with Crippen molar-refractivity contribution in [1.29, 1.82) is 5.41 Å². The van der Waals surface area contributed by atoms with E-state index in [1.54, 1.807) is 18.3 Å². The lowest BCUT2D eigenvalue weighted by molar-refractivity contribution is 0.876. The van der Waals surface area contributed by atoms with Gasteiger partial charge in [0.05, 0.1) is 16.9 Å². The average molecular weight is 377 g/mol. The molecule has 0 radical (unpaired) electrons. The Bertz CT molecular complexity index is 1230. The summed E-state index contributed by atoms with van der Waals surface area (Å²) in [6, 6.07) is 15.1. The predicted octanol–water partition coefficient (Wildman–Crippen LogP) is 3.50. The highest BCUT2D eigenvalue weighted by Crippen LogP contribution is 2.32. The lowest BCUT2D eigenvalue weighted by Crippen LogP contribution is -2.32. The highest BCUT2D eigenvalue weighted by molar-refractivity contribution is 6.30. The predicted molar refractivity (Wildman–Crippen MR) is 109 cm³/mol. The largest absolute Gasteiger partial charge is 0.381 e. The third kappa shape index (κ3) is 2.90. The molecule has 0 aliphatic heterocycles. The number of pyridine rings is 1. The second kappa shape index (κ2) is 6.41. The highest BCUT2D eigenvalue weighted by Gasteiger charge is 2.16. The second-order valence-electron chi connectivity index (χ2n) is 6.28. The number of benzene rings is 2. The molecule has 5 N–H and O–H groups in total. The summed E-state index contributed by atoms with van der Waals surface area (Å²) in [5.41, 5.74) is 10.7. The van der Waals surface area contributed by atoms with E-state index in [2.05, 4.69) is 9.97 Å². The molecule has 27 heavy (non-hydrogen) atoms. The van der Waals surface area contributed by atoms with Crippen molar-refractivity contribution in [3.63, 3.8) is 0 Å². The first-order valence-electron chi connectivity index (χ1n) is 8.29. The minimum Gasteiger partial charge on any atom is -0.381 e. The Morgan fingerprint density at radius 2 is 1.74 bits per heavy atom. The summed E-state index contributed by atoms with van der Waals surface area (Å²) in [5.74, 6) is 6.29. The van der Waals surface area contributed by atoms with Crippen LogP contribution in [0, 0.1) is 12.3 Å². The quantitative estimate of drug-likeness (QED) is 0.465. The minimum atomic E-state index is -0.0503. The lowest BCUT2D eigenvalue weighted by Gasteiger charge is -2.16. The van der Waals surface area contributed by atoms with Gasteiger partial charge in [0.1, 0.15) is 0 Å². The molecule has 0 unspecified atom stereocenters. The fourth-order valence-corrected chi connectivity index (χ4v) is 3.22. The van der Waals surface area contributed by atoms with Crippen molar-refractivity contribution in [2.75, 3.05) is 11.6 Å². The molecule has 4 aromatic rings. The Hall–Kier alpha value is -3.38. The Kier molecular flexibility index (Phi) is 4.05. The zero-order valence-corrected chi connectivity index (χ0v) is 15.3. The van der Waals surface area contributed by atoms with Crippen LogP contribution < -0.4 is 17.1 Å². The standard InChI is InChI=1S/C20H17ClN6/c1-11-8-9-25-16-7-4-13(10-15(11)16)18-17(12-2-5-14(21)6-3-12)26-19(22)20(23)27(18)24/h2-10,23H,24H2,1H3,(H2,22,26). The summed E-state index contributed by atoms with van der Waals surface area (Å²) < 4.78 is 1.26. The fraction of sp³-hybridized carbons (Fsp3) is 0.0500. The lowest BCUT2D eigenvalue weighted by atomic mass is 10.0. The van der Waals surface area contributed by atoms with Crippen LogP contribution in [0.2, 0.25) is 5.02 Å². The molecule has 0 bridgehead atoms. The van der Waals surface area contributed by atoms with Crippen LogP contribution in [0.1, 0.15) is 5.56 Å². The summed E-state index contributed by atoms with van der Waals surface area (Å²) in [7, 11) is 0. The van der Waals surface area contributed by atoms with Gasteiger partial charge in [-0.15, -0.1) is 0 Å². The van der Waals surface area contributed by atoms with E-state index in [0.29, 0.717) is 16.4 Å².